The molecule has 0 amide bonds. The minimum atomic E-state index is -4.72. The zero-order chi connectivity index (χ0) is 23.4. The van der Waals surface area contributed by atoms with E-state index in [1.165, 1.54) is 6.07 Å². The molecule has 3 aliphatic rings. The highest BCUT2D eigenvalue weighted by Gasteiger charge is 2.50. The summed E-state index contributed by atoms with van der Waals surface area (Å²) in [6.45, 7) is 0. The molecule has 0 saturated heterocycles. The Balaban J connectivity index is 1.70. The number of guanidine groups is 1. The van der Waals surface area contributed by atoms with Crippen LogP contribution in [0.3, 0.4) is 0 Å². The minimum Gasteiger partial charge on any atom is -0.319 e. The highest BCUT2D eigenvalue weighted by Crippen LogP contribution is 2.43. The van der Waals surface area contributed by atoms with Crippen molar-refractivity contribution in [3.05, 3.63) is 29.6 Å². The van der Waals surface area contributed by atoms with E-state index in [1.807, 2.05) is 0 Å². The van der Waals surface area contributed by atoms with E-state index in [1.54, 1.807) is 0 Å². The number of aromatic nitrogens is 1. The van der Waals surface area contributed by atoms with Crippen molar-refractivity contribution >= 4 is 11.8 Å². The Kier molecular flexibility index (Phi) is 5.37. The first-order valence-electron chi connectivity index (χ1n) is 10.1. The SMILES string of the molecule is NC1([C@H]2CCC(F)(F)C2)N=C(c2cccc(C(F)(F)F)n2)NC(=N[C@H]2CCC(F)(F)C2)N1. The fraction of sp³-hybridized carbons (Fsp3) is 0.632. The maximum atomic E-state index is 13.8. The van der Waals surface area contributed by atoms with Gasteiger partial charge >= 0.3 is 6.18 Å². The predicted molar refractivity (Wildman–Crippen MR) is 101 cm³/mol. The topological polar surface area (TPSA) is 87.7 Å². The van der Waals surface area contributed by atoms with Crippen LogP contribution in [-0.4, -0.2) is 40.5 Å². The van der Waals surface area contributed by atoms with Crippen LogP contribution >= 0.6 is 0 Å². The van der Waals surface area contributed by atoms with Gasteiger partial charge in [-0.05, 0) is 25.0 Å². The van der Waals surface area contributed by atoms with Gasteiger partial charge in [-0.3, -0.25) is 5.73 Å². The van der Waals surface area contributed by atoms with Gasteiger partial charge in [-0.2, -0.15) is 13.2 Å². The summed E-state index contributed by atoms with van der Waals surface area (Å²) in [6, 6.07) is 2.36. The number of rotatable bonds is 3. The standard InChI is InChI=1S/C19H21F7N6/c20-16(21)6-4-10(8-16)19(27)31-14(12-2-1-3-13(29-12)18(24,25)26)30-15(32-19)28-11-5-7-17(22,23)9-11/h1-3,10-11H,4-9,27H2,(H2,28,30,31,32)/t10-,11-,19?/m0/s1. The summed E-state index contributed by atoms with van der Waals surface area (Å²) in [5.41, 5.74) is 4.89. The third-order valence-electron chi connectivity index (χ3n) is 5.85. The third-order valence-corrected chi connectivity index (χ3v) is 5.85. The Morgan fingerprint density at radius 2 is 1.72 bits per heavy atom. The Bertz CT molecular complexity index is 944. The number of hydrogen-bond acceptors (Lipinski definition) is 4. The zero-order valence-electron chi connectivity index (χ0n) is 16.7. The maximum absolute atomic E-state index is 13.8. The lowest BCUT2D eigenvalue weighted by molar-refractivity contribution is -0.141. The molecule has 4 rings (SSSR count). The van der Waals surface area contributed by atoms with Crippen molar-refractivity contribution in [2.75, 3.05) is 0 Å². The van der Waals surface area contributed by atoms with E-state index in [-0.39, 0.29) is 36.8 Å². The second-order valence-corrected chi connectivity index (χ2v) is 8.47. The number of hydrogen-bond donors (Lipinski definition) is 3. The molecular weight excluding hydrogens is 445 g/mol. The number of nitrogens with two attached hydrogens (primary N) is 1. The molecule has 1 unspecified atom stereocenters. The van der Waals surface area contributed by atoms with Crippen molar-refractivity contribution in [3.63, 3.8) is 0 Å². The maximum Gasteiger partial charge on any atom is 0.433 e. The van der Waals surface area contributed by atoms with E-state index in [2.05, 4.69) is 25.6 Å². The summed E-state index contributed by atoms with van der Waals surface area (Å²) in [4.78, 5) is 11.9. The van der Waals surface area contributed by atoms with Crippen molar-refractivity contribution < 1.29 is 30.7 Å². The lowest BCUT2D eigenvalue weighted by Crippen LogP contribution is -2.66. The second kappa shape index (κ2) is 7.56. The summed E-state index contributed by atoms with van der Waals surface area (Å²) in [7, 11) is 0. The number of amidine groups is 1. The Labute approximate surface area is 178 Å². The van der Waals surface area contributed by atoms with Crippen LogP contribution in [0.15, 0.2) is 28.2 Å². The molecule has 176 valence electrons. The van der Waals surface area contributed by atoms with Gasteiger partial charge in [0.1, 0.15) is 11.4 Å². The van der Waals surface area contributed by atoms with Crippen molar-refractivity contribution in [1.82, 2.24) is 15.6 Å². The largest absolute Gasteiger partial charge is 0.433 e. The smallest absolute Gasteiger partial charge is 0.319 e. The summed E-state index contributed by atoms with van der Waals surface area (Å²) in [5.74, 6) is -8.85. The van der Waals surface area contributed by atoms with Crippen LogP contribution in [0.4, 0.5) is 30.7 Å². The molecule has 1 aromatic rings. The molecule has 1 aromatic heterocycles. The van der Waals surface area contributed by atoms with Crippen LogP contribution in [-0.2, 0) is 6.18 Å². The van der Waals surface area contributed by atoms with E-state index in [0.717, 1.165) is 12.1 Å². The van der Waals surface area contributed by atoms with Crippen molar-refractivity contribution in [2.24, 2.45) is 21.6 Å². The van der Waals surface area contributed by atoms with Gasteiger partial charge in [0.2, 0.25) is 11.8 Å². The first-order valence-corrected chi connectivity index (χ1v) is 10.1. The van der Waals surface area contributed by atoms with Crippen LogP contribution < -0.4 is 16.4 Å². The van der Waals surface area contributed by atoms with Gasteiger partial charge in [0.25, 0.3) is 0 Å². The zero-order valence-corrected chi connectivity index (χ0v) is 16.7. The third kappa shape index (κ3) is 4.81. The van der Waals surface area contributed by atoms with Gasteiger partial charge in [0, 0.05) is 31.6 Å². The lowest BCUT2D eigenvalue weighted by Gasteiger charge is -2.38. The summed E-state index contributed by atoms with van der Waals surface area (Å²) >= 11 is 0. The molecular formula is C19H21F7N6. The van der Waals surface area contributed by atoms with Gasteiger partial charge in [0.05, 0.1) is 6.04 Å². The summed E-state index contributed by atoms with van der Waals surface area (Å²) in [6.07, 6.45) is -6.48. The monoisotopic (exact) mass is 466 g/mol. The molecule has 2 heterocycles. The highest BCUT2D eigenvalue weighted by atomic mass is 19.4. The fourth-order valence-electron chi connectivity index (χ4n) is 4.22. The molecule has 2 aliphatic carbocycles. The van der Waals surface area contributed by atoms with E-state index in [0.29, 0.717) is 0 Å². The quantitative estimate of drug-likeness (QED) is 0.594. The van der Waals surface area contributed by atoms with E-state index in [9.17, 15) is 30.7 Å². The molecule has 2 saturated carbocycles. The Hall–Kier alpha value is -2.44. The number of halogens is 7. The molecule has 0 bridgehead atoms. The average molecular weight is 466 g/mol. The van der Waals surface area contributed by atoms with Crippen molar-refractivity contribution in [2.45, 2.75) is 68.4 Å². The molecule has 1 aliphatic heterocycles. The Morgan fingerprint density at radius 3 is 2.31 bits per heavy atom. The van der Waals surface area contributed by atoms with Gasteiger partial charge in [-0.25, -0.2) is 32.5 Å². The van der Waals surface area contributed by atoms with Gasteiger partial charge in [0.15, 0.2) is 17.6 Å². The predicted octanol–water partition coefficient (Wildman–Crippen LogP) is 3.63. The minimum absolute atomic E-state index is 0.0120. The average Bonchev–Trinajstić information content (AvgIpc) is 3.22. The van der Waals surface area contributed by atoms with Crippen LogP contribution in [0.1, 0.15) is 49.9 Å². The summed E-state index contributed by atoms with van der Waals surface area (Å²) < 4.78 is 94.1. The fourth-order valence-corrected chi connectivity index (χ4v) is 4.22. The molecule has 0 aromatic carbocycles. The van der Waals surface area contributed by atoms with E-state index >= 15 is 0 Å². The normalized spacial score (nSPS) is 33.0. The summed E-state index contributed by atoms with van der Waals surface area (Å²) in [5, 5.41) is 5.36. The van der Waals surface area contributed by atoms with E-state index < -0.39 is 60.7 Å². The number of nitrogens with one attached hydrogen (secondary N) is 2. The second-order valence-electron chi connectivity index (χ2n) is 8.47. The van der Waals surface area contributed by atoms with Crippen LogP contribution in [0.2, 0.25) is 0 Å². The van der Waals surface area contributed by atoms with Gasteiger partial charge in [-0.15, -0.1) is 0 Å². The van der Waals surface area contributed by atoms with Gasteiger partial charge in [-0.1, -0.05) is 6.07 Å². The van der Waals surface area contributed by atoms with E-state index in [4.69, 9.17) is 5.73 Å². The van der Waals surface area contributed by atoms with Crippen LogP contribution in [0.5, 0.6) is 0 Å². The number of nitrogens with zero attached hydrogens (tertiary/aromatic N) is 3. The number of aliphatic imine (C=N–C) groups is 2. The molecule has 3 atom stereocenters. The molecule has 32 heavy (non-hydrogen) atoms. The highest BCUT2D eigenvalue weighted by molar-refractivity contribution is 6.09. The Morgan fingerprint density at radius 1 is 1.03 bits per heavy atom. The first-order chi connectivity index (χ1) is 14.7. The first kappa shape index (κ1) is 22.7. The lowest BCUT2D eigenvalue weighted by atomic mass is 9.98. The molecule has 0 radical (unpaired) electrons. The molecule has 6 nitrogen and oxygen atoms in total. The van der Waals surface area contributed by atoms with Crippen molar-refractivity contribution in [1.29, 1.82) is 0 Å². The number of pyridine rings is 1. The van der Waals surface area contributed by atoms with Crippen LogP contribution in [0, 0.1) is 5.92 Å². The molecule has 13 heteroatoms. The van der Waals surface area contributed by atoms with Crippen LogP contribution in [0.25, 0.3) is 0 Å². The van der Waals surface area contributed by atoms with Gasteiger partial charge < -0.3 is 10.6 Å². The molecule has 4 N–H and O–H groups in total. The number of alkyl halides is 7. The molecule has 2 fully saturated rings. The molecule has 0 spiro atoms. The van der Waals surface area contributed by atoms with Crippen molar-refractivity contribution in [3.8, 4) is 0 Å².